The van der Waals surface area contributed by atoms with Crippen LogP contribution in [0.5, 0.6) is 0 Å². The van der Waals surface area contributed by atoms with Crippen molar-refractivity contribution >= 4 is 40.4 Å². The van der Waals surface area contributed by atoms with Gasteiger partial charge in [-0.15, -0.1) is 20.4 Å². The number of amides is 2. The van der Waals surface area contributed by atoms with Gasteiger partial charge in [-0.3, -0.25) is 5.32 Å². The van der Waals surface area contributed by atoms with Crippen LogP contribution < -0.4 is 31.9 Å². The number of tetrazole rings is 2. The third-order valence-corrected chi connectivity index (χ3v) is 10.5. The lowest BCUT2D eigenvalue weighted by molar-refractivity contribution is 0.262. The molecule has 8 N–H and O–H groups in total. The fourth-order valence-corrected chi connectivity index (χ4v) is 7.89. The summed E-state index contributed by atoms with van der Waals surface area (Å²) in [5.41, 5.74) is 21.0. The molecule has 2 amide bonds. The molecular formula is C55H74N16O. The second kappa shape index (κ2) is 27.8. The summed E-state index contributed by atoms with van der Waals surface area (Å²) in [4.78, 5) is 25.7. The molecule has 0 bridgehead atoms. The van der Waals surface area contributed by atoms with E-state index in [1.165, 1.54) is 0 Å². The Hall–Kier alpha value is -8.21. The second-order valence-electron chi connectivity index (χ2n) is 18.5. The molecule has 0 atom stereocenters. The van der Waals surface area contributed by atoms with Crippen molar-refractivity contribution in [3.63, 3.8) is 0 Å². The summed E-state index contributed by atoms with van der Waals surface area (Å²) in [6.07, 6.45) is 3.30. The molecule has 0 fully saturated rings. The zero-order valence-electron chi connectivity index (χ0n) is 41.4. The number of aromatic nitrogens is 10. The maximum Gasteiger partial charge on any atom is 0.324 e. The molecule has 0 unspecified atom stereocenters. The number of nitrogens with two attached hydrogens (primary N) is 2. The first-order valence-electron chi connectivity index (χ1n) is 23.6. The van der Waals surface area contributed by atoms with E-state index >= 15 is 0 Å². The number of aromatic amines is 2. The van der Waals surface area contributed by atoms with Gasteiger partial charge in [0.05, 0.1) is 22.7 Å². The molecule has 0 saturated carbocycles. The van der Waals surface area contributed by atoms with Gasteiger partial charge in [0.15, 0.2) is 0 Å². The highest BCUT2D eigenvalue weighted by atomic mass is 16.2. The van der Waals surface area contributed by atoms with Crippen molar-refractivity contribution in [2.45, 2.75) is 70.2 Å². The number of H-pyrrole nitrogens is 2. The van der Waals surface area contributed by atoms with Gasteiger partial charge in [-0.05, 0) is 105 Å². The molecule has 380 valence electrons. The van der Waals surface area contributed by atoms with Crippen molar-refractivity contribution in [1.29, 1.82) is 0 Å². The summed E-state index contributed by atoms with van der Waals surface area (Å²) in [7, 11) is 0. The molecule has 0 aliphatic rings. The number of nitrogens with zero attached hydrogens (tertiary/aromatic N) is 10. The van der Waals surface area contributed by atoms with Gasteiger partial charge in [0.1, 0.15) is 11.6 Å². The van der Waals surface area contributed by atoms with E-state index in [4.69, 9.17) is 11.5 Å². The van der Waals surface area contributed by atoms with E-state index in [1.54, 1.807) is 24.5 Å². The molecule has 72 heavy (non-hydrogen) atoms. The molecule has 17 heteroatoms. The summed E-state index contributed by atoms with van der Waals surface area (Å²) in [6.45, 7) is 21.4. The molecule has 4 aromatic carbocycles. The largest absolute Gasteiger partial charge is 0.397 e. The van der Waals surface area contributed by atoms with Crippen molar-refractivity contribution in [3.8, 4) is 45.0 Å². The van der Waals surface area contributed by atoms with Gasteiger partial charge < -0.3 is 26.6 Å². The maximum atomic E-state index is 13.0. The van der Waals surface area contributed by atoms with Crippen LogP contribution in [-0.2, 0) is 0 Å². The lowest BCUT2D eigenvalue weighted by atomic mass is 9.97. The van der Waals surface area contributed by atoms with Gasteiger partial charge in [0, 0.05) is 49.7 Å². The van der Waals surface area contributed by atoms with E-state index in [0.717, 1.165) is 76.6 Å². The number of pyridine rings is 2. The Morgan fingerprint density at radius 2 is 0.972 bits per heavy atom. The van der Waals surface area contributed by atoms with Gasteiger partial charge in [-0.2, -0.15) is 10.4 Å². The number of anilines is 6. The molecule has 0 saturated heterocycles. The van der Waals surface area contributed by atoms with E-state index in [0.29, 0.717) is 52.6 Å². The molecule has 4 heterocycles. The van der Waals surface area contributed by atoms with Crippen molar-refractivity contribution in [3.05, 3.63) is 134 Å². The first-order valence-corrected chi connectivity index (χ1v) is 23.6. The van der Waals surface area contributed by atoms with E-state index in [-0.39, 0.29) is 20.9 Å². The van der Waals surface area contributed by atoms with Gasteiger partial charge in [-0.25, -0.2) is 14.8 Å². The number of rotatable bonds is 16. The molecule has 8 rings (SSSR count). The molecule has 0 aliphatic heterocycles. The third-order valence-electron chi connectivity index (χ3n) is 10.5. The minimum Gasteiger partial charge on any atom is -0.397 e. The number of carbonyl (C=O) groups excluding carboxylic acids is 1. The predicted molar refractivity (Wildman–Crippen MR) is 297 cm³/mol. The lowest BCUT2D eigenvalue weighted by Gasteiger charge is -2.31. The smallest absolute Gasteiger partial charge is 0.324 e. The van der Waals surface area contributed by atoms with Crippen LogP contribution in [0.15, 0.2) is 134 Å². The summed E-state index contributed by atoms with van der Waals surface area (Å²) >= 11 is 0. The Morgan fingerprint density at radius 1 is 0.528 bits per heavy atom. The Kier molecular flexibility index (Phi) is 21.8. The van der Waals surface area contributed by atoms with Crippen molar-refractivity contribution < 1.29 is 4.79 Å². The number of carbonyl (C=O) groups is 1. The highest BCUT2D eigenvalue weighted by molar-refractivity contribution is 6.02. The minimum atomic E-state index is -0.354. The molecule has 0 aliphatic carbocycles. The highest BCUT2D eigenvalue weighted by Crippen LogP contribution is 2.37. The topological polar surface area (TPSA) is 234 Å². The van der Waals surface area contributed by atoms with Crippen molar-refractivity contribution in [1.82, 2.24) is 51.2 Å². The predicted octanol–water partition coefficient (Wildman–Crippen LogP) is 11.9. The van der Waals surface area contributed by atoms with Gasteiger partial charge in [0.2, 0.25) is 11.6 Å². The number of benzene rings is 4. The third kappa shape index (κ3) is 16.5. The Morgan fingerprint density at radius 3 is 1.38 bits per heavy atom. The fraction of sp³-hybridized carbons (Fsp3) is 0.327. The average Bonchev–Trinajstić information content (AvgIpc) is 4.08. The summed E-state index contributed by atoms with van der Waals surface area (Å²) < 4.78 is 0. The molecule has 0 spiro atoms. The van der Waals surface area contributed by atoms with Gasteiger partial charge in [-0.1, -0.05) is 143 Å². The van der Waals surface area contributed by atoms with Gasteiger partial charge in [0.25, 0.3) is 0 Å². The summed E-state index contributed by atoms with van der Waals surface area (Å²) in [5.74, 6) is 4.20. The van der Waals surface area contributed by atoms with Crippen LogP contribution in [0.4, 0.5) is 39.2 Å². The standard InChI is InChI=1S/C27H32N8O.C21H28N6.C5H6N2.2CH4/c1-18(2)16-35(17-19(3)4)24-13-12-20(21-9-5-6-10-22(21)26-31-33-34-32-26)15-23(24)29-27(36)30-25-11-7-8-14-28-25;1-14(2)12-27(13-15(3)4)20-10-9-16(11-19(20)22)17-7-5-6-8-18(17)21-23-25-26-24-21;6-5-3-1-2-4-7-5;;/h5-15,18-19H,16-17H2,1-4H3,(H2,28,29,30,36)(H,31,32,33,34);5-11,14-15H,12-13,22H2,1-4H3,(H,23,24,25,26);1-4H,(H2,6,7);2*1H4. The molecule has 0 radical (unpaired) electrons. The number of urea groups is 1. The summed E-state index contributed by atoms with van der Waals surface area (Å²) in [6, 6.07) is 38.8. The van der Waals surface area contributed by atoms with E-state index in [9.17, 15) is 4.79 Å². The van der Waals surface area contributed by atoms with Crippen molar-refractivity contribution in [2.24, 2.45) is 23.7 Å². The number of nitrogens with one attached hydrogen (secondary N) is 4. The second-order valence-corrected chi connectivity index (χ2v) is 18.5. The molecule has 17 nitrogen and oxygen atoms in total. The Bertz CT molecular complexity index is 2780. The van der Waals surface area contributed by atoms with Crippen LogP contribution in [0.25, 0.3) is 45.0 Å². The zero-order valence-corrected chi connectivity index (χ0v) is 41.4. The molecule has 8 aromatic rings. The van der Waals surface area contributed by atoms with Crippen LogP contribution in [0.1, 0.15) is 70.2 Å². The van der Waals surface area contributed by atoms with Crippen LogP contribution in [0.3, 0.4) is 0 Å². The van der Waals surface area contributed by atoms with Crippen molar-refractivity contribution in [2.75, 3.05) is 58.1 Å². The van der Waals surface area contributed by atoms with E-state index < -0.39 is 0 Å². The van der Waals surface area contributed by atoms with Gasteiger partial charge >= 0.3 is 6.03 Å². The zero-order chi connectivity index (χ0) is 50.0. The fourth-order valence-electron chi connectivity index (χ4n) is 7.89. The first kappa shape index (κ1) is 56.4. The SMILES string of the molecule is C.C.CC(C)CN(CC(C)C)c1ccc(-c2ccccc2-c2nn[nH]n2)cc1N.CC(C)CN(CC(C)C)c1ccc(-c2ccccc2-c2nn[nH]n2)cc1NC(=O)Nc1ccccn1.Nc1ccccn1. The monoisotopic (exact) mass is 975 g/mol. The van der Waals surface area contributed by atoms with Crippen LogP contribution >= 0.6 is 0 Å². The van der Waals surface area contributed by atoms with Crippen LogP contribution in [0, 0.1) is 23.7 Å². The van der Waals surface area contributed by atoms with Crippen LogP contribution in [0.2, 0.25) is 0 Å². The molecular weight excluding hydrogens is 901 g/mol. The average molecular weight is 975 g/mol. The normalized spacial score (nSPS) is 10.6. The van der Waals surface area contributed by atoms with Crippen LogP contribution in [-0.4, -0.2) is 83.4 Å². The van der Waals surface area contributed by atoms with E-state index in [2.05, 4.69) is 157 Å². The first-order chi connectivity index (χ1) is 33.7. The number of hydrogen-bond donors (Lipinski definition) is 6. The minimum absolute atomic E-state index is 0. The highest BCUT2D eigenvalue weighted by Gasteiger charge is 2.20. The number of hydrogen-bond acceptors (Lipinski definition) is 13. The summed E-state index contributed by atoms with van der Waals surface area (Å²) in [5, 5.41) is 34.9. The maximum absolute atomic E-state index is 13.0. The quantitative estimate of drug-likeness (QED) is 0.0495. The Labute approximate surface area is 425 Å². The number of nitrogen functional groups attached to an aromatic ring is 2. The Balaban J connectivity index is 0.000000275. The molecule has 4 aromatic heterocycles. The van der Waals surface area contributed by atoms with E-state index in [1.807, 2.05) is 78.9 Å². The lowest BCUT2D eigenvalue weighted by Crippen LogP contribution is -2.32.